The van der Waals surface area contributed by atoms with Gasteiger partial charge in [0.2, 0.25) is 0 Å². The Bertz CT molecular complexity index is 1050. The molecule has 0 bridgehead atoms. The molecular weight excluding hydrogens is 448 g/mol. The van der Waals surface area contributed by atoms with Gasteiger partial charge in [0.25, 0.3) is 5.91 Å². The van der Waals surface area contributed by atoms with Gasteiger partial charge < -0.3 is 19.6 Å². The lowest BCUT2D eigenvalue weighted by Crippen LogP contribution is -2.68. The molecule has 1 aliphatic heterocycles. The van der Waals surface area contributed by atoms with Gasteiger partial charge in [-0.05, 0) is 86.7 Å². The number of piperidine rings is 1. The molecule has 2 aliphatic carbocycles. The number of likely N-dealkylation sites (tertiary alicyclic amines) is 1. The Morgan fingerprint density at radius 1 is 1.11 bits per heavy atom. The van der Waals surface area contributed by atoms with Crippen LogP contribution in [0.25, 0.3) is 0 Å². The van der Waals surface area contributed by atoms with Crippen molar-refractivity contribution in [2.75, 3.05) is 33.3 Å². The van der Waals surface area contributed by atoms with E-state index in [2.05, 4.69) is 29.7 Å². The lowest BCUT2D eigenvalue weighted by atomic mass is 9.55. The SMILES string of the molecule is COC12CCC(N(CC(C)C)C(=O)c3ccccc3)CC1(c1cccc(O)c1)CCN(CC1CC1)C2. The second kappa shape index (κ2) is 10.2. The average Bonchev–Trinajstić information content (AvgIpc) is 3.71. The summed E-state index contributed by atoms with van der Waals surface area (Å²) in [6.07, 6.45) is 6.36. The van der Waals surface area contributed by atoms with E-state index in [9.17, 15) is 9.90 Å². The van der Waals surface area contributed by atoms with Crippen molar-refractivity contribution < 1.29 is 14.6 Å². The first-order chi connectivity index (χ1) is 17.4. The molecule has 0 aromatic heterocycles. The van der Waals surface area contributed by atoms with Gasteiger partial charge in [-0.2, -0.15) is 0 Å². The third-order valence-corrected chi connectivity index (χ3v) is 8.96. The highest BCUT2D eigenvalue weighted by Crippen LogP contribution is 2.55. The van der Waals surface area contributed by atoms with Crippen LogP contribution in [0.1, 0.15) is 68.3 Å². The van der Waals surface area contributed by atoms with E-state index in [1.165, 1.54) is 12.8 Å². The van der Waals surface area contributed by atoms with E-state index >= 15 is 0 Å². The molecular formula is C31H42N2O3. The molecule has 2 aromatic rings. The Balaban J connectivity index is 1.52. The number of hydrogen-bond donors (Lipinski definition) is 1. The van der Waals surface area contributed by atoms with Crippen LogP contribution in [0.2, 0.25) is 0 Å². The molecule has 3 fully saturated rings. The number of methoxy groups -OCH3 is 1. The quantitative estimate of drug-likeness (QED) is 0.532. The van der Waals surface area contributed by atoms with Crippen molar-refractivity contribution >= 4 is 5.91 Å². The zero-order valence-corrected chi connectivity index (χ0v) is 22.2. The smallest absolute Gasteiger partial charge is 0.254 e. The lowest BCUT2D eigenvalue weighted by Gasteiger charge is -2.61. The van der Waals surface area contributed by atoms with E-state index in [0.29, 0.717) is 11.7 Å². The Hall–Kier alpha value is -2.37. The van der Waals surface area contributed by atoms with Crippen molar-refractivity contribution in [3.8, 4) is 5.75 Å². The van der Waals surface area contributed by atoms with Gasteiger partial charge in [0.05, 0.1) is 5.60 Å². The average molecular weight is 491 g/mol. The summed E-state index contributed by atoms with van der Waals surface area (Å²) in [6.45, 7) is 8.22. The number of carbonyl (C=O) groups is 1. The summed E-state index contributed by atoms with van der Waals surface area (Å²) in [5.74, 6) is 1.64. The fraction of sp³-hybridized carbons (Fsp3) is 0.581. The molecule has 5 nitrogen and oxygen atoms in total. The highest BCUT2D eigenvalue weighted by Gasteiger charge is 2.60. The summed E-state index contributed by atoms with van der Waals surface area (Å²) in [5.41, 5.74) is 1.32. The third-order valence-electron chi connectivity index (χ3n) is 8.96. The van der Waals surface area contributed by atoms with Gasteiger partial charge >= 0.3 is 0 Å². The Kier molecular flexibility index (Phi) is 7.15. The number of nitrogens with zero attached hydrogens (tertiary/aromatic N) is 2. The van der Waals surface area contributed by atoms with Gasteiger partial charge in [0.1, 0.15) is 5.75 Å². The molecule has 0 spiro atoms. The summed E-state index contributed by atoms with van der Waals surface area (Å²) >= 11 is 0. The highest BCUT2D eigenvalue weighted by molar-refractivity contribution is 5.94. The number of phenols is 1. The largest absolute Gasteiger partial charge is 0.508 e. The minimum absolute atomic E-state index is 0.122. The van der Waals surface area contributed by atoms with Crippen LogP contribution in [0, 0.1) is 11.8 Å². The van der Waals surface area contributed by atoms with E-state index < -0.39 is 0 Å². The molecule has 5 heteroatoms. The number of hydrogen-bond acceptors (Lipinski definition) is 4. The van der Waals surface area contributed by atoms with E-state index in [4.69, 9.17) is 4.74 Å². The molecule has 1 N–H and O–H groups in total. The first-order valence-corrected chi connectivity index (χ1v) is 13.8. The van der Waals surface area contributed by atoms with Crippen molar-refractivity contribution in [3.63, 3.8) is 0 Å². The highest BCUT2D eigenvalue weighted by atomic mass is 16.5. The number of rotatable bonds is 8. The van der Waals surface area contributed by atoms with Crippen LogP contribution in [0.15, 0.2) is 54.6 Å². The molecule has 2 aromatic carbocycles. The fourth-order valence-corrected chi connectivity index (χ4v) is 6.99. The summed E-state index contributed by atoms with van der Waals surface area (Å²) in [4.78, 5) is 18.6. The number of benzene rings is 2. The van der Waals surface area contributed by atoms with Crippen molar-refractivity contribution in [3.05, 3.63) is 65.7 Å². The van der Waals surface area contributed by atoms with Crippen molar-refractivity contribution in [2.24, 2.45) is 11.8 Å². The molecule has 2 saturated carbocycles. The molecule has 3 aliphatic rings. The summed E-state index contributed by atoms with van der Waals surface area (Å²) in [7, 11) is 1.87. The Labute approximate surface area is 216 Å². The molecule has 3 unspecified atom stereocenters. The summed E-state index contributed by atoms with van der Waals surface area (Å²) < 4.78 is 6.54. The van der Waals surface area contributed by atoms with Gasteiger partial charge in [-0.25, -0.2) is 0 Å². The lowest BCUT2D eigenvalue weighted by molar-refractivity contribution is -0.155. The zero-order valence-electron chi connectivity index (χ0n) is 22.2. The topological polar surface area (TPSA) is 53.0 Å². The fourth-order valence-electron chi connectivity index (χ4n) is 6.99. The Morgan fingerprint density at radius 3 is 2.56 bits per heavy atom. The van der Waals surface area contributed by atoms with Crippen molar-refractivity contribution in [2.45, 2.75) is 69.4 Å². The predicted molar refractivity (Wildman–Crippen MR) is 143 cm³/mol. The summed E-state index contributed by atoms with van der Waals surface area (Å²) in [5, 5.41) is 10.5. The van der Waals surface area contributed by atoms with Gasteiger partial charge in [-0.1, -0.05) is 44.2 Å². The molecule has 36 heavy (non-hydrogen) atoms. The second-order valence-electron chi connectivity index (χ2n) is 11.9. The monoisotopic (exact) mass is 490 g/mol. The van der Waals surface area contributed by atoms with E-state index in [1.54, 1.807) is 6.07 Å². The minimum Gasteiger partial charge on any atom is -0.508 e. The maximum Gasteiger partial charge on any atom is 0.254 e. The van der Waals surface area contributed by atoms with Crippen LogP contribution < -0.4 is 0 Å². The van der Waals surface area contributed by atoms with Crippen LogP contribution in [0.4, 0.5) is 0 Å². The number of fused-ring (bicyclic) bond motifs is 1. The molecule has 5 rings (SSSR count). The Morgan fingerprint density at radius 2 is 1.89 bits per heavy atom. The first-order valence-electron chi connectivity index (χ1n) is 13.8. The van der Waals surface area contributed by atoms with Crippen LogP contribution in [0.5, 0.6) is 5.75 Å². The maximum atomic E-state index is 13.8. The van der Waals surface area contributed by atoms with Crippen LogP contribution in [-0.4, -0.2) is 65.7 Å². The number of amides is 1. The van der Waals surface area contributed by atoms with Crippen molar-refractivity contribution in [1.29, 1.82) is 0 Å². The number of ether oxygens (including phenoxy) is 1. The van der Waals surface area contributed by atoms with Crippen LogP contribution in [-0.2, 0) is 10.2 Å². The van der Waals surface area contributed by atoms with E-state index in [1.807, 2.05) is 49.6 Å². The molecule has 3 atom stereocenters. The molecule has 1 amide bonds. The molecule has 1 saturated heterocycles. The van der Waals surface area contributed by atoms with E-state index in [0.717, 1.165) is 68.9 Å². The van der Waals surface area contributed by atoms with Gasteiger partial charge in [0.15, 0.2) is 0 Å². The van der Waals surface area contributed by atoms with E-state index in [-0.39, 0.29) is 23.0 Å². The zero-order chi connectivity index (χ0) is 25.3. The first kappa shape index (κ1) is 25.3. The number of phenolic OH excluding ortho intramolecular Hbond substituents is 1. The normalized spacial score (nSPS) is 28.6. The maximum absolute atomic E-state index is 13.8. The second-order valence-corrected chi connectivity index (χ2v) is 11.9. The third kappa shape index (κ3) is 4.80. The molecule has 194 valence electrons. The van der Waals surface area contributed by atoms with Crippen LogP contribution in [0.3, 0.4) is 0 Å². The van der Waals surface area contributed by atoms with Gasteiger partial charge in [-0.15, -0.1) is 0 Å². The number of aromatic hydroxyl groups is 1. The summed E-state index contributed by atoms with van der Waals surface area (Å²) in [6, 6.07) is 17.7. The molecule has 1 heterocycles. The number of carbonyl (C=O) groups excluding carboxylic acids is 1. The predicted octanol–water partition coefficient (Wildman–Crippen LogP) is 5.48. The van der Waals surface area contributed by atoms with Crippen molar-refractivity contribution in [1.82, 2.24) is 9.80 Å². The van der Waals surface area contributed by atoms with Crippen LogP contribution >= 0.6 is 0 Å². The van der Waals surface area contributed by atoms with Gasteiger partial charge in [-0.3, -0.25) is 4.79 Å². The standard InChI is InChI=1S/C31H42N2O3/c1-23(2)20-33(29(35)25-8-5-4-6-9-25)27-14-15-31(36-3)22-32(21-24-12-13-24)17-16-30(31,19-27)26-10-7-11-28(34)18-26/h4-11,18,23-24,27,34H,12-17,19-22H2,1-3H3. The molecule has 0 radical (unpaired) electrons. The minimum atomic E-state index is -0.330. The van der Waals surface area contributed by atoms with Gasteiger partial charge in [0, 0.05) is 43.8 Å².